The predicted octanol–water partition coefficient (Wildman–Crippen LogP) is 3.95. The van der Waals surface area contributed by atoms with Gasteiger partial charge in [-0.25, -0.2) is 4.98 Å². The Hall–Kier alpha value is -0.390. The van der Waals surface area contributed by atoms with Crippen molar-refractivity contribution in [3.8, 4) is 14.9 Å². The number of nitrogens with zero attached hydrogens (tertiary/aromatic N) is 1. The fourth-order valence-electron chi connectivity index (χ4n) is 1.10. The van der Waals surface area contributed by atoms with E-state index in [-0.39, 0.29) is 0 Å². The molecule has 0 saturated carbocycles. The second-order valence-corrected chi connectivity index (χ2v) is 5.51. The van der Waals surface area contributed by atoms with Gasteiger partial charge >= 0.3 is 0 Å². The largest absolute Gasteiger partial charge is 0.486 e. The van der Waals surface area contributed by atoms with Crippen LogP contribution in [0.1, 0.15) is 5.69 Å². The van der Waals surface area contributed by atoms with Crippen molar-refractivity contribution in [2.45, 2.75) is 6.92 Å². The molecule has 74 valence electrons. The zero-order valence-corrected chi connectivity index (χ0v) is 10.9. The van der Waals surface area contributed by atoms with Crippen LogP contribution in [0.3, 0.4) is 0 Å². The summed E-state index contributed by atoms with van der Waals surface area (Å²) in [5.41, 5.74) is 0.956. The summed E-state index contributed by atoms with van der Waals surface area (Å²) in [5.74, 6) is 0. The first-order valence-corrected chi connectivity index (χ1v) is 6.45. The molecule has 5 heteroatoms. The van der Waals surface area contributed by atoms with Gasteiger partial charge in [0, 0.05) is 9.85 Å². The third kappa shape index (κ3) is 1.85. The van der Waals surface area contributed by atoms with E-state index in [1.165, 1.54) is 4.88 Å². The quantitative estimate of drug-likeness (QED) is 0.835. The molecule has 2 aromatic heterocycles. The lowest BCUT2D eigenvalue weighted by Crippen LogP contribution is -1.80. The summed E-state index contributed by atoms with van der Waals surface area (Å²) in [6.45, 7) is 1.96. The van der Waals surface area contributed by atoms with Crippen molar-refractivity contribution in [3.63, 3.8) is 0 Å². The van der Waals surface area contributed by atoms with E-state index < -0.39 is 0 Å². The van der Waals surface area contributed by atoms with Crippen molar-refractivity contribution in [3.05, 3.63) is 21.6 Å². The topological polar surface area (TPSA) is 22.1 Å². The molecular weight excluding hydrogens is 282 g/mol. The molecule has 0 bridgehead atoms. The minimum Gasteiger partial charge on any atom is -0.486 e. The SMILES string of the molecule is COc1sc(-c2cc(Br)cs2)nc1C. The number of rotatable bonds is 2. The lowest BCUT2D eigenvalue weighted by molar-refractivity contribution is 0.423. The smallest absolute Gasteiger partial charge is 0.197 e. The molecule has 0 saturated heterocycles. The molecule has 2 heterocycles. The third-order valence-corrected chi connectivity index (χ3v) is 4.70. The molecule has 0 aliphatic rings. The van der Waals surface area contributed by atoms with Crippen LogP contribution in [0.15, 0.2) is 15.9 Å². The van der Waals surface area contributed by atoms with Gasteiger partial charge in [-0.05, 0) is 28.9 Å². The highest BCUT2D eigenvalue weighted by Gasteiger charge is 2.10. The maximum Gasteiger partial charge on any atom is 0.197 e. The van der Waals surface area contributed by atoms with Crippen molar-refractivity contribution in [1.82, 2.24) is 4.98 Å². The maximum absolute atomic E-state index is 5.20. The molecule has 2 rings (SSSR count). The third-order valence-electron chi connectivity index (χ3n) is 1.72. The Morgan fingerprint density at radius 2 is 2.29 bits per heavy atom. The van der Waals surface area contributed by atoms with Gasteiger partial charge in [-0.15, -0.1) is 11.3 Å². The van der Waals surface area contributed by atoms with Gasteiger partial charge in [0.1, 0.15) is 5.01 Å². The minimum atomic E-state index is 0.893. The molecule has 2 aromatic rings. The monoisotopic (exact) mass is 289 g/mol. The first-order chi connectivity index (χ1) is 6.70. The zero-order chi connectivity index (χ0) is 10.1. The van der Waals surface area contributed by atoms with Gasteiger partial charge in [0.05, 0.1) is 17.7 Å². The normalized spacial score (nSPS) is 10.5. The van der Waals surface area contributed by atoms with Crippen molar-refractivity contribution >= 4 is 38.6 Å². The highest BCUT2D eigenvalue weighted by molar-refractivity contribution is 9.10. The lowest BCUT2D eigenvalue weighted by atomic mass is 10.5. The molecule has 0 radical (unpaired) electrons. The predicted molar refractivity (Wildman–Crippen MR) is 64.4 cm³/mol. The fraction of sp³-hybridized carbons (Fsp3) is 0.222. The Labute approximate surface area is 98.7 Å². The number of ether oxygens (including phenoxy) is 1. The molecule has 0 aliphatic carbocycles. The van der Waals surface area contributed by atoms with Crippen molar-refractivity contribution < 1.29 is 4.74 Å². The summed E-state index contributed by atoms with van der Waals surface area (Å²) < 4.78 is 6.30. The van der Waals surface area contributed by atoms with Crippen LogP contribution in [0.2, 0.25) is 0 Å². The average Bonchev–Trinajstić information content (AvgIpc) is 2.71. The highest BCUT2D eigenvalue weighted by Crippen LogP contribution is 2.37. The van der Waals surface area contributed by atoms with E-state index in [1.807, 2.05) is 6.92 Å². The number of methoxy groups -OCH3 is 1. The summed E-state index contributed by atoms with van der Waals surface area (Å²) >= 11 is 6.69. The van der Waals surface area contributed by atoms with Crippen LogP contribution >= 0.6 is 38.6 Å². The molecule has 0 aromatic carbocycles. The molecule has 0 amide bonds. The molecule has 0 N–H and O–H groups in total. The Morgan fingerprint density at radius 1 is 1.50 bits per heavy atom. The summed E-state index contributed by atoms with van der Waals surface area (Å²) in [4.78, 5) is 5.62. The molecule has 0 aliphatic heterocycles. The summed E-state index contributed by atoms with van der Waals surface area (Å²) in [7, 11) is 1.68. The fourth-order valence-corrected chi connectivity index (χ4v) is 3.48. The second kappa shape index (κ2) is 4.00. The van der Waals surface area contributed by atoms with E-state index in [9.17, 15) is 0 Å². The Morgan fingerprint density at radius 3 is 2.79 bits per heavy atom. The van der Waals surface area contributed by atoms with Gasteiger partial charge in [0.2, 0.25) is 0 Å². The van der Waals surface area contributed by atoms with E-state index in [0.29, 0.717) is 0 Å². The number of aryl methyl sites for hydroxylation is 1. The van der Waals surface area contributed by atoms with Crippen molar-refractivity contribution in [1.29, 1.82) is 0 Å². The zero-order valence-electron chi connectivity index (χ0n) is 7.70. The lowest BCUT2D eigenvalue weighted by Gasteiger charge is -1.90. The van der Waals surface area contributed by atoms with Gasteiger partial charge in [-0.2, -0.15) is 0 Å². The van der Waals surface area contributed by atoms with Crippen molar-refractivity contribution in [2.24, 2.45) is 0 Å². The van der Waals surface area contributed by atoms with Crippen LogP contribution in [-0.4, -0.2) is 12.1 Å². The molecule has 14 heavy (non-hydrogen) atoms. The van der Waals surface area contributed by atoms with Gasteiger partial charge in [-0.3, -0.25) is 0 Å². The van der Waals surface area contributed by atoms with Crippen LogP contribution < -0.4 is 4.74 Å². The standard InChI is InChI=1S/C9H8BrNOS2/c1-5-9(12-2)14-8(11-5)7-3-6(10)4-13-7/h3-4H,1-2H3. The Balaban J connectivity index is 2.42. The van der Waals surface area contributed by atoms with Gasteiger partial charge in [0.15, 0.2) is 5.06 Å². The number of halogens is 1. The molecule has 2 nitrogen and oxygen atoms in total. The van der Waals surface area contributed by atoms with Crippen LogP contribution in [0.25, 0.3) is 9.88 Å². The number of hydrogen-bond acceptors (Lipinski definition) is 4. The Kier molecular flexibility index (Phi) is 2.90. The average molecular weight is 290 g/mol. The Bertz CT molecular complexity index is 449. The van der Waals surface area contributed by atoms with E-state index in [0.717, 1.165) is 20.2 Å². The maximum atomic E-state index is 5.20. The van der Waals surface area contributed by atoms with E-state index in [2.05, 4.69) is 32.4 Å². The number of thiazole rings is 1. The van der Waals surface area contributed by atoms with Crippen molar-refractivity contribution in [2.75, 3.05) is 7.11 Å². The summed E-state index contributed by atoms with van der Waals surface area (Å²) in [5, 5.41) is 3.97. The number of thiophene rings is 1. The first-order valence-electron chi connectivity index (χ1n) is 3.96. The van der Waals surface area contributed by atoms with E-state index in [1.54, 1.807) is 29.8 Å². The van der Waals surface area contributed by atoms with E-state index >= 15 is 0 Å². The first kappa shape index (κ1) is 10.1. The highest BCUT2D eigenvalue weighted by atomic mass is 79.9. The van der Waals surface area contributed by atoms with Gasteiger partial charge < -0.3 is 4.74 Å². The van der Waals surface area contributed by atoms with E-state index in [4.69, 9.17) is 4.74 Å². The summed E-state index contributed by atoms with van der Waals surface area (Å²) in [6, 6.07) is 2.07. The number of hydrogen-bond donors (Lipinski definition) is 0. The minimum absolute atomic E-state index is 0.893. The van der Waals surface area contributed by atoms with Crippen LogP contribution in [0, 0.1) is 6.92 Å². The molecule has 0 atom stereocenters. The molecule has 0 fully saturated rings. The second-order valence-electron chi connectivity index (χ2n) is 2.73. The number of aromatic nitrogens is 1. The van der Waals surface area contributed by atoms with Crippen LogP contribution in [0.4, 0.5) is 0 Å². The van der Waals surface area contributed by atoms with Gasteiger partial charge in [0.25, 0.3) is 0 Å². The summed E-state index contributed by atoms with van der Waals surface area (Å²) in [6.07, 6.45) is 0. The molecular formula is C9H8BrNOS2. The van der Waals surface area contributed by atoms with Crippen LogP contribution in [-0.2, 0) is 0 Å². The molecule has 0 spiro atoms. The molecule has 0 unspecified atom stereocenters. The van der Waals surface area contributed by atoms with Gasteiger partial charge in [-0.1, -0.05) is 11.3 Å². The van der Waals surface area contributed by atoms with Crippen LogP contribution in [0.5, 0.6) is 5.06 Å².